The Balaban J connectivity index is 2.36. The van der Waals surface area contributed by atoms with Crippen molar-refractivity contribution < 1.29 is 5.11 Å². The summed E-state index contributed by atoms with van der Waals surface area (Å²) in [4.78, 5) is 0. The van der Waals surface area contributed by atoms with Gasteiger partial charge >= 0.3 is 0 Å². The molecule has 2 aromatic rings. The molecule has 1 unspecified atom stereocenters. The molecule has 2 aromatic carbocycles. The first-order chi connectivity index (χ1) is 9.05. The molecule has 0 bridgehead atoms. The maximum Gasteiger partial charge on any atom is 0.113 e. The average molecular weight is 275 g/mol. The number of hydrogen-bond acceptors (Lipinski definition) is 1. The molecule has 0 aliphatic heterocycles. The van der Waals surface area contributed by atoms with Crippen LogP contribution in [0.3, 0.4) is 0 Å². The summed E-state index contributed by atoms with van der Waals surface area (Å²) in [6, 6.07) is 15.5. The smallest absolute Gasteiger partial charge is 0.113 e. The molecule has 1 atom stereocenters. The van der Waals surface area contributed by atoms with E-state index in [9.17, 15) is 5.11 Å². The highest BCUT2D eigenvalue weighted by Gasteiger charge is 2.27. The van der Waals surface area contributed by atoms with Crippen molar-refractivity contribution in [1.82, 2.24) is 0 Å². The largest absolute Gasteiger partial charge is 0.381 e. The molecule has 0 amide bonds. The summed E-state index contributed by atoms with van der Waals surface area (Å²) in [6.45, 7) is 3.94. The van der Waals surface area contributed by atoms with Gasteiger partial charge in [-0.25, -0.2) is 0 Å². The van der Waals surface area contributed by atoms with Crippen LogP contribution in [0.1, 0.15) is 37.0 Å². The van der Waals surface area contributed by atoms with Crippen LogP contribution in [0.2, 0.25) is 5.02 Å². The van der Waals surface area contributed by atoms with Crippen LogP contribution in [-0.4, -0.2) is 5.11 Å². The zero-order chi connectivity index (χ0) is 13.9. The summed E-state index contributed by atoms with van der Waals surface area (Å²) in [5.41, 5.74) is 1.82. The predicted octanol–water partition coefficient (Wildman–Crippen LogP) is 4.55. The molecule has 0 radical (unpaired) electrons. The first-order valence-electron chi connectivity index (χ1n) is 6.62. The Labute approximate surface area is 119 Å². The Hall–Kier alpha value is -1.31. The van der Waals surface area contributed by atoms with Crippen molar-refractivity contribution in [3.8, 4) is 0 Å². The highest BCUT2D eigenvalue weighted by Crippen LogP contribution is 2.33. The van der Waals surface area contributed by atoms with E-state index in [4.69, 9.17) is 11.6 Å². The average Bonchev–Trinajstić information content (AvgIpc) is 2.40. The Morgan fingerprint density at radius 3 is 2.26 bits per heavy atom. The van der Waals surface area contributed by atoms with Crippen LogP contribution in [-0.2, 0) is 12.0 Å². The second-order valence-electron chi connectivity index (χ2n) is 5.00. The van der Waals surface area contributed by atoms with Crippen molar-refractivity contribution in [3.05, 3.63) is 70.2 Å². The fraction of sp³-hybridized carbons (Fsp3) is 0.294. The number of benzene rings is 2. The van der Waals surface area contributed by atoms with E-state index in [1.165, 1.54) is 5.56 Å². The number of hydrogen-bond donors (Lipinski definition) is 1. The third kappa shape index (κ3) is 2.99. The summed E-state index contributed by atoms with van der Waals surface area (Å²) in [6.07, 6.45) is 2.19. The van der Waals surface area contributed by atoms with Crippen LogP contribution in [0.5, 0.6) is 0 Å². The van der Waals surface area contributed by atoms with Gasteiger partial charge in [-0.1, -0.05) is 67.4 Å². The number of halogens is 1. The lowest BCUT2D eigenvalue weighted by Crippen LogP contribution is -2.23. The number of aliphatic hydroxyl groups is 1. The molecule has 2 rings (SSSR count). The van der Waals surface area contributed by atoms with E-state index in [0.29, 0.717) is 5.02 Å². The summed E-state index contributed by atoms with van der Waals surface area (Å²) in [7, 11) is 0. The van der Waals surface area contributed by atoms with Crippen LogP contribution >= 0.6 is 11.6 Å². The van der Waals surface area contributed by atoms with Gasteiger partial charge in [-0.3, -0.25) is 0 Å². The SMILES string of the molecule is CCCc1ccc(C(C)(O)c2ccccc2Cl)cc1. The van der Waals surface area contributed by atoms with E-state index in [-0.39, 0.29) is 0 Å². The molecule has 0 aliphatic carbocycles. The normalized spacial score (nSPS) is 14.1. The van der Waals surface area contributed by atoms with Gasteiger partial charge in [-0.2, -0.15) is 0 Å². The van der Waals surface area contributed by atoms with Crippen molar-refractivity contribution in [2.75, 3.05) is 0 Å². The van der Waals surface area contributed by atoms with Crippen LogP contribution in [0.25, 0.3) is 0 Å². The third-order valence-corrected chi connectivity index (χ3v) is 3.78. The monoisotopic (exact) mass is 274 g/mol. The van der Waals surface area contributed by atoms with Gasteiger partial charge in [0, 0.05) is 10.6 Å². The fourth-order valence-corrected chi connectivity index (χ4v) is 2.62. The lowest BCUT2D eigenvalue weighted by molar-refractivity contribution is 0.102. The van der Waals surface area contributed by atoms with Gasteiger partial charge in [0.15, 0.2) is 0 Å². The Morgan fingerprint density at radius 1 is 1.05 bits per heavy atom. The van der Waals surface area contributed by atoms with Crippen molar-refractivity contribution in [1.29, 1.82) is 0 Å². The molecule has 1 N–H and O–H groups in total. The van der Waals surface area contributed by atoms with Crippen LogP contribution in [0.15, 0.2) is 48.5 Å². The first-order valence-corrected chi connectivity index (χ1v) is 7.00. The molecule has 0 heterocycles. The second kappa shape index (κ2) is 5.77. The van der Waals surface area contributed by atoms with E-state index in [1.54, 1.807) is 13.0 Å². The number of rotatable bonds is 4. The molecule has 19 heavy (non-hydrogen) atoms. The quantitative estimate of drug-likeness (QED) is 0.867. The van der Waals surface area contributed by atoms with E-state index in [2.05, 4.69) is 19.1 Å². The van der Waals surface area contributed by atoms with E-state index in [1.807, 2.05) is 30.3 Å². The maximum absolute atomic E-state index is 10.8. The summed E-state index contributed by atoms with van der Waals surface area (Å²) in [5, 5.41) is 11.4. The Morgan fingerprint density at radius 2 is 1.68 bits per heavy atom. The van der Waals surface area contributed by atoms with Crippen LogP contribution in [0, 0.1) is 0 Å². The number of aryl methyl sites for hydroxylation is 1. The van der Waals surface area contributed by atoms with Crippen molar-refractivity contribution in [2.45, 2.75) is 32.3 Å². The summed E-state index contributed by atoms with van der Waals surface area (Å²) < 4.78 is 0. The summed E-state index contributed by atoms with van der Waals surface area (Å²) in [5.74, 6) is 0. The molecular weight excluding hydrogens is 256 g/mol. The van der Waals surface area contributed by atoms with Gasteiger partial charge in [0.05, 0.1) is 0 Å². The van der Waals surface area contributed by atoms with Gasteiger partial charge < -0.3 is 5.11 Å². The molecule has 0 saturated carbocycles. The molecule has 0 saturated heterocycles. The zero-order valence-electron chi connectivity index (χ0n) is 11.4. The Kier molecular flexibility index (Phi) is 4.28. The highest BCUT2D eigenvalue weighted by atomic mass is 35.5. The lowest BCUT2D eigenvalue weighted by Gasteiger charge is -2.25. The maximum atomic E-state index is 10.8. The highest BCUT2D eigenvalue weighted by molar-refractivity contribution is 6.31. The minimum absolute atomic E-state index is 0.588. The van der Waals surface area contributed by atoms with Gasteiger partial charge in [0.1, 0.15) is 5.60 Å². The van der Waals surface area contributed by atoms with Crippen molar-refractivity contribution in [2.24, 2.45) is 0 Å². The topological polar surface area (TPSA) is 20.2 Å². The van der Waals surface area contributed by atoms with Crippen molar-refractivity contribution in [3.63, 3.8) is 0 Å². The minimum Gasteiger partial charge on any atom is -0.381 e. The lowest BCUT2D eigenvalue weighted by atomic mass is 9.87. The van der Waals surface area contributed by atoms with Crippen LogP contribution < -0.4 is 0 Å². The fourth-order valence-electron chi connectivity index (χ4n) is 2.30. The molecular formula is C17H19ClO. The standard InChI is InChI=1S/C17H19ClO/c1-3-6-13-9-11-14(12-10-13)17(2,19)15-7-4-5-8-16(15)18/h4-5,7-12,19H,3,6H2,1-2H3. The molecule has 0 aromatic heterocycles. The van der Waals surface area contributed by atoms with Gasteiger partial charge in [0.2, 0.25) is 0 Å². The zero-order valence-corrected chi connectivity index (χ0v) is 12.1. The van der Waals surface area contributed by atoms with E-state index in [0.717, 1.165) is 24.0 Å². The molecule has 100 valence electrons. The Bertz CT molecular complexity index is 543. The molecule has 2 heteroatoms. The van der Waals surface area contributed by atoms with Gasteiger partial charge in [-0.05, 0) is 30.5 Å². The second-order valence-corrected chi connectivity index (χ2v) is 5.41. The molecule has 0 fully saturated rings. The van der Waals surface area contributed by atoms with E-state index < -0.39 is 5.60 Å². The van der Waals surface area contributed by atoms with Gasteiger partial charge in [-0.15, -0.1) is 0 Å². The molecule has 1 nitrogen and oxygen atoms in total. The third-order valence-electron chi connectivity index (χ3n) is 3.45. The predicted molar refractivity (Wildman–Crippen MR) is 80.6 cm³/mol. The molecule has 0 aliphatic rings. The molecule has 0 spiro atoms. The first kappa shape index (κ1) is 14.1. The van der Waals surface area contributed by atoms with Crippen molar-refractivity contribution >= 4 is 11.6 Å². The van der Waals surface area contributed by atoms with Gasteiger partial charge in [0.25, 0.3) is 0 Å². The summed E-state index contributed by atoms with van der Waals surface area (Å²) >= 11 is 6.18. The van der Waals surface area contributed by atoms with Crippen LogP contribution in [0.4, 0.5) is 0 Å². The minimum atomic E-state index is -1.07. The van der Waals surface area contributed by atoms with E-state index >= 15 is 0 Å².